The summed E-state index contributed by atoms with van der Waals surface area (Å²) in [6.07, 6.45) is 0. The molecule has 0 aromatic heterocycles. The van der Waals surface area contributed by atoms with E-state index in [0.717, 1.165) is 0 Å². The molecule has 0 fully saturated rings. The molecular formula is C13H16BrNO4. The van der Waals surface area contributed by atoms with Crippen molar-refractivity contribution < 1.29 is 19.4 Å². The second kappa shape index (κ2) is 6.06. The van der Waals surface area contributed by atoms with Crippen molar-refractivity contribution >= 4 is 27.8 Å². The molecule has 19 heavy (non-hydrogen) atoms. The Morgan fingerprint density at radius 2 is 2.05 bits per heavy atom. The largest absolute Gasteiger partial charge is 0.496 e. The number of aliphatic carboxylic acids is 1. The molecule has 0 aliphatic heterocycles. The Morgan fingerprint density at radius 3 is 2.53 bits per heavy atom. The third-order valence-electron chi connectivity index (χ3n) is 2.68. The lowest BCUT2D eigenvalue weighted by molar-refractivity contribution is -0.146. The number of ether oxygens (including phenoxy) is 1. The van der Waals surface area contributed by atoms with Crippen LogP contribution in [0.15, 0.2) is 22.7 Å². The van der Waals surface area contributed by atoms with E-state index in [1.54, 1.807) is 32.0 Å². The van der Waals surface area contributed by atoms with Crippen LogP contribution in [0, 0.1) is 5.41 Å². The molecule has 0 unspecified atom stereocenters. The second-order valence-electron chi connectivity index (χ2n) is 4.72. The molecule has 0 aliphatic rings. The summed E-state index contributed by atoms with van der Waals surface area (Å²) in [4.78, 5) is 22.8. The van der Waals surface area contributed by atoms with E-state index < -0.39 is 11.4 Å². The van der Waals surface area contributed by atoms with Gasteiger partial charge in [-0.05, 0) is 48.0 Å². The number of nitrogens with one attached hydrogen (secondary N) is 1. The summed E-state index contributed by atoms with van der Waals surface area (Å²) >= 11 is 3.29. The van der Waals surface area contributed by atoms with Gasteiger partial charge in [-0.25, -0.2) is 0 Å². The first-order chi connectivity index (χ1) is 8.77. The monoisotopic (exact) mass is 329 g/mol. The molecule has 0 spiro atoms. The van der Waals surface area contributed by atoms with Gasteiger partial charge in [-0.3, -0.25) is 9.59 Å². The summed E-state index contributed by atoms with van der Waals surface area (Å²) in [5, 5.41) is 11.6. The maximum Gasteiger partial charge on any atom is 0.310 e. The van der Waals surface area contributed by atoms with Gasteiger partial charge in [0.15, 0.2) is 0 Å². The van der Waals surface area contributed by atoms with Crippen molar-refractivity contribution in [3.63, 3.8) is 0 Å². The van der Waals surface area contributed by atoms with Crippen LogP contribution < -0.4 is 10.1 Å². The fourth-order valence-electron chi connectivity index (χ4n) is 1.29. The van der Waals surface area contributed by atoms with Crippen molar-refractivity contribution in [1.82, 2.24) is 5.32 Å². The molecule has 1 rings (SSSR count). The van der Waals surface area contributed by atoms with Gasteiger partial charge in [0.05, 0.1) is 17.0 Å². The lowest BCUT2D eigenvalue weighted by Crippen LogP contribution is -2.38. The number of amides is 1. The van der Waals surface area contributed by atoms with Crippen LogP contribution in [0.1, 0.15) is 24.2 Å². The fraction of sp³-hybridized carbons (Fsp3) is 0.385. The molecule has 0 bridgehead atoms. The lowest BCUT2D eigenvalue weighted by Gasteiger charge is -2.19. The summed E-state index contributed by atoms with van der Waals surface area (Å²) in [5.41, 5.74) is -0.562. The average molecular weight is 330 g/mol. The minimum absolute atomic E-state index is 0.0603. The minimum Gasteiger partial charge on any atom is -0.496 e. The van der Waals surface area contributed by atoms with Crippen molar-refractivity contribution in [2.24, 2.45) is 5.41 Å². The van der Waals surface area contributed by atoms with Crippen LogP contribution in [0.25, 0.3) is 0 Å². The van der Waals surface area contributed by atoms with E-state index in [2.05, 4.69) is 21.2 Å². The first kappa shape index (κ1) is 15.5. The fourth-order valence-corrected chi connectivity index (χ4v) is 1.83. The Morgan fingerprint density at radius 1 is 1.42 bits per heavy atom. The highest BCUT2D eigenvalue weighted by Gasteiger charge is 2.27. The molecule has 1 amide bonds. The van der Waals surface area contributed by atoms with Gasteiger partial charge >= 0.3 is 5.97 Å². The highest BCUT2D eigenvalue weighted by Crippen LogP contribution is 2.25. The van der Waals surface area contributed by atoms with Gasteiger partial charge in [0.25, 0.3) is 5.91 Å². The molecule has 0 heterocycles. The quantitative estimate of drug-likeness (QED) is 0.869. The number of carboxylic acids is 1. The molecule has 104 valence electrons. The number of hydrogen-bond donors (Lipinski definition) is 2. The standard InChI is InChI=1S/C13H16BrNO4/c1-13(2,12(17)18)7-15-11(16)8-4-5-10(19-3)9(14)6-8/h4-6H,7H2,1-3H3,(H,15,16)(H,17,18). The number of halogens is 1. The number of rotatable bonds is 5. The zero-order chi connectivity index (χ0) is 14.6. The number of hydrogen-bond acceptors (Lipinski definition) is 3. The summed E-state index contributed by atoms with van der Waals surface area (Å²) in [6, 6.07) is 4.91. The molecular weight excluding hydrogens is 314 g/mol. The minimum atomic E-state index is -1.00. The first-order valence-corrected chi connectivity index (χ1v) is 6.42. The molecule has 5 nitrogen and oxygen atoms in total. The molecule has 0 aliphatic carbocycles. The summed E-state index contributed by atoms with van der Waals surface area (Å²) in [5.74, 6) is -0.649. The van der Waals surface area contributed by atoms with Gasteiger partial charge < -0.3 is 15.2 Å². The number of carbonyl (C=O) groups is 2. The molecule has 2 N–H and O–H groups in total. The van der Waals surface area contributed by atoms with Gasteiger partial charge in [-0.1, -0.05) is 0 Å². The van der Waals surface area contributed by atoms with Crippen LogP contribution in [-0.2, 0) is 4.79 Å². The zero-order valence-corrected chi connectivity index (χ0v) is 12.6. The van der Waals surface area contributed by atoms with E-state index in [-0.39, 0.29) is 12.5 Å². The highest BCUT2D eigenvalue weighted by molar-refractivity contribution is 9.10. The van der Waals surface area contributed by atoms with E-state index in [9.17, 15) is 9.59 Å². The van der Waals surface area contributed by atoms with Crippen LogP contribution in [0.4, 0.5) is 0 Å². The first-order valence-electron chi connectivity index (χ1n) is 5.63. The topological polar surface area (TPSA) is 75.6 Å². The van der Waals surface area contributed by atoms with Gasteiger partial charge in [-0.2, -0.15) is 0 Å². The molecule has 1 aromatic rings. The smallest absolute Gasteiger partial charge is 0.310 e. The Labute approximate surface area is 120 Å². The molecule has 0 saturated heterocycles. The van der Waals surface area contributed by atoms with Gasteiger partial charge in [0.2, 0.25) is 0 Å². The molecule has 0 atom stereocenters. The van der Waals surface area contributed by atoms with Crippen LogP contribution in [-0.4, -0.2) is 30.6 Å². The summed E-state index contributed by atoms with van der Waals surface area (Å²) in [6.45, 7) is 3.17. The SMILES string of the molecule is COc1ccc(C(=O)NCC(C)(C)C(=O)O)cc1Br. The van der Waals surface area contributed by atoms with Crippen LogP contribution in [0.3, 0.4) is 0 Å². The third kappa shape index (κ3) is 3.96. The Hall–Kier alpha value is -1.56. The predicted octanol–water partition coefficient (Wildman–Crippen LogP) is 2.30. The highest BCUT2D eigenvalue weighted by atomic mass is 79.9. The average Bonchev–Trinajstić information content (AvgIpc) is 2.35. The van der Waals surface area contributed by atoms with Crippen LogP contribution >= 0.6 is 15.9 Å². The summed E-state index contributed by atoms with van der Waals surface area (Å²) in [7, 11) is 1.54. The summed E-state index contributed by atoms with van der Waals surface area (Å²) < 4.78 is 5.74. The molecule has 1 aromatic carbocycles. The Balaban J connectivity index is 2.74. The van der Waals surface area contributed by atoms with Gasteiger partial charge in [0.1, 0.15) is 5.75 Å². The van der Waals surface area contributed by atoms with Crippen LogP contribution in [0.5, 0.6) is 5.75 Å². The van der Waals surface area contributed by atoms with Crippen molar-refractivity contribution in [1.29, 1.82) is 0 Å². The van der Waals surface area contributed by atoms with E-state index in [1.807, 2.05) is 0 Å². The number of carbonyl (C=O) groups excluding carboxylic acids is 1. The van der Waals surface area contributed by atoms with Crippen molar-refractivity contribution in [2.45, 2.75) is 13.8 Å². The van der Waals surface area contributed by atoms with Crippen molar-refractivity contribution in [3.05, 3.63) is 28.2 Å². The van der Waals surface area contributed by atoms with E-state index in [4.69, 9.17) is 9.84 Å². The maximum atomic E-state index is 11.9. The normalized spacial score (nSPS) is 10.9. The Bertz CT molecular complexity index is 499. The van der Waals surface area contributed by atoms with E-state index >= 15 is 0 Å². The van der Waals surface area contributed by atoms with E-state index in [0.29, 0.717) is 15.8 Å². The third-order valence-corrected chi connectivity index (χ3v) is 3.30. The predicted molar refractivity (Wildman–Crippen MR) is 74.4 cm³/mol. The molecule has 0 saturated carbocycles. The van der Waals surface area contributed by atoms with Gasteiger partial charge in [-0.15, -0.1) is 0 Å². The van der Waals surface area contributed by atoms with Gasteiger partial charge in [0, 0.05) is 12.1 Å². The number of methoxy groups -OCH3 is 1. The van der Waals surface area contributed by atoms with Crippen molar-refractivity contribution in [2.75, 3.05) is 13.7 Å². The lowest BCUT2D eigenvalue weighted by atomic mass is 9.94. The number of benzene rings is 1. The second-order valence-corrected chi connectivity index (χ2v) is 5.58. The number of carboxylic acid groups (broad SMARTS) is 1. The van der Waals surface area contributed by atoms with E-state index in [1.165, 1.54) is 7.11 Å². The maximum absolute atomic E-state index is 11.9. The molecule has 0 radical (unpaired) electrons. The Kier molecular flexibility index (Phi) is 4.94. The van der Waals surface area contributed by atoms with Crippen LogP contribution in [0.2, 0.25) is 0 Å². The van der Waals surface area contributed by atoms with Crippen molar-refractivity contribution in [3.8, 4) is 5.75 Å². The molecule has 6 heteroatoms. The zero-order valence-electron chi connectivity index (χ0n) is 11.0.